The quantitative estimate of drug-likeness (QED) is 0.795. The summed E-state index contributed by atoms with van der Waals surface area (Å²) in [6.45, 7) is 5.34. The Labute approximate surface area is 130 Å². The van der Waals surface area contributed by atoms with Crippen LogP contribution in [0.15, 0.2) is 47.4 Å². The van der Waals surface area contributed by atoms with Crippen molar-refractivity contribution in [2.75, 3.05) is 12.3 Å². The minimum atomic E-state index is -0.937. The minimum absolute atomic E-state index is 0.349. The molecular formula is C18H25NOS. The highest BCUT2D eigenvalue weighted by atomic mass is 32.2. The SMILES string of the molecule is CCCNC(CCC)CS(=O)c1ccc2ccccc2c1. The summed E-state index contributed by atoms with van der Waals surface area (Å²) in [4.78, 5) is 0.938. The lowest BCUT2D eigenvalue weighted by molar-refractivity contribution is 0.510. The first-order valence-corrected chi connectivity index (χ1v) is 9.17. The molecule has 0 saturated heterocycles. The molecule has 2 unspecified atom stereocenters. The van der Waals surface area contributed by atoms with Gasteiger partial charge in [-0.1, -0.05) is 50.6 Å². The molecule has 2 aromatic rings. The van der Waals surface area contributed by atoms with E-state index in [2.05, 4.69) is 43.4 Å². The molecule has 0 aromatic heterocycles. The van der Waals surface area contributed by atoms with Crippen LogP contribution in [0, 0.1) is 0 Å². The van der Waals surface area contributed by atoms with Crippen LogP contribution in [0.1, 0.15) is 33.1 Å². The van der Waals surface area contributed by atoms with Gasteiger partial charge in [-0.15, -0.1) is 0 Å². The van der Waals surface area contributed by atoms with Crippen LogP contribution in [0.2, 0.25) is 0 Å². The highest BCUT2D eigenvalue weighted by Gasteiger charge is 2.13. The van der Waals surface area contributed by atoms with Gasteiger partial charge < -0.3 is 5.32 Å². The van der Waals surface area contributed by atoms with E-state index in [1.807, 2.05) is 18.2 Å². The summed E-state index contributed by atoms with van der Waals surface area (Å²) in [5, 5.41) is 5.88. The summed E-state index contributed by atoms with van der Waals surface area (Å²) in [6, 6.07) is 14.7. The molecule has 3 heteroatoms. The molecule has 2 aromatic carbocycles. The molecule has 0 spiro atoms. The van der Waals surface area contributed by atoms with Gasteiger partial charge in [0, 0.05) is 16.7 Å². The molecule has 0 aliphatic carbocycles. The molecule has 1 N–H and O–H groups in total. The molecule has 0 radical (unpaired) electrons. The Hall–Kier alpha value is -1.19. The van der Waals surface area contributed by atoms with Crippen LogP contribution in [0.4, 0.5) is 0 Å². The molecule has 0 bridgehead atoms. The molecule has 2 rings (SSSR count). The first kappa shape index (κ1) is 16.2. The predicted molar refractivity (Wildman–Crippen MR) is 92.2 cm³/mol. The fourth-order valence-corrected chi connectivity index (χ4v) is 3.85. The molecule has 0 fully saturated rings. The van der Waals surface area contributed by atoms with Crippen molar-refractivity contribution < 1.29 is 4.21 Å². The Morgan fingerprint density at radius 3 is 2.52 bits per heavy atom. The van der Waals surface area contributed by atoms with Crippen molar-refractivity contribution in [1.29, 1.82) is 0 Å². The minimum Gasteiger partial charge on any atom is -0.313 e. The first-order chi connectivity index (χ1) is 10.2. The highest BCUT2D eigenvalue weighted by molar-refractivity contribution is 7.85. The Balaban J connectivity index is 2.09. The average molecular weight is 303 g/mol. The molecule has 21 heavy (non-hydrogen) atoms. The normalized spacial score (nSPS) is 14.2. The molecule has 2 atom stereocenters. The summed E-state index contributed by atoms with van der Waals surface area (Å²) >= 11 is 0. The van der Waals surface area contributed by atoms with Crippen molar-refractivity contribution in [3.8, 4) is 0 Å². The van der Waals surface area contributed by atoms with Crippen molar-refractivity contribution in [1.82, 2.24) is 5.32 Å². The summed E-state index contributed by atoms with van der Waals surface area (Å²) in [5.74, 6) is 0.701. The number of fused-ring (bicyclic) bond motifs is 1. The van der Waals surface area contributed by atoms with Crippen LogP contribution in [-0.4, -0.2) is 22.5 Å². The zero-order valence-corrected chi connectivity index (χ0v) is 13.8. The maximum atomic E-state index is 12.6. The van der Waals surface area contributed by atoms with Gasteiger partial charge in [0.1, 0.15) is 0 Å². The third-order valence-electron chi connectivity index (χ3n) is 3.66. The van der Waals surface area contributed by atoms with E-state index in [4.69, 9.17) is 0 Å². The second kappa shape index (κ2) is 8.30. The summed E-state index contributed by atoms with van der Waals surface area (Å²) in [5.41, 5.74) is 0. The fraction of sp³-hybridized carbons (Fsp3) is 0.444. The average Bonchev–Trinajstić information content (AvgIpc) is 2.52. The van der Waals surface area contributed by atoms with Crippen LogP contribution in [0.3, 0.4) is 0 Å². The second-order valence-electron chi connectivity index (χ2n) is 5.46. The topological polar surface area (TPSA) is 29.1 Å². The van der Waals surface area contributed by atoms with Gasteiger partial charge in [-0.2, -0.15) is 0 Å². The van der Waals surface area contributed by atoms with Crippen molar-refractivity contribution in [3.63, 3.8) is 0 Å². The van der Waals surface area contributed by atoms with Crippen molar-refractivity contribution in [2.45, 2.75) is 44.0 Å². The third-order valence-corrected chi connectivity index (χ3v) is 5.14. The van der Waals surface area contributed by atoms with E-state index in [-0.39, 0.29) is 0 Å². The van der Waals surface area contributed by atoms with E-state index in [9.17, 15) is 4.21 Å². The van der Waals surface area contributed by atoms with Gasteiger partial charge in [0.25, 0.3) is 0 Å². The monoisotopic (exact) mass is 303 g/mol. The summed E-state index contributed by atoms with van der Waals surface area (Å²) in [7, 11) is -0.937. The van der Waals surface area contributed by atoms with Gasteiger partial charge in [0.2, 0.25) is 0 Å². The first-order valence-electron chi connectivity index (χ1n) is 7.85. The zero-order valence-electron chi connectivity index (χ0n) is 13.0. The molecule has 0 saturated carbocycles. The van der Waals surface area contributed by atoms with Crippen molar-refractivity contribution >= 4 is 21.6 Å². The maximum absolute atomic E-state index is 12.6. The van der Waals surface area contributed by atoms with E-state index < -0.39 is 10.8 Å². The molecule has 0 heterocycles. The maximum Gasteiger partial charge on any atom is 0.0545 e. The van der Waals surface area contributed by atoms with Gasteiger partial charge in [-0.25, -0.2) is 0 Å². The zero-order chi connectivity index (χ0) is 15.1. The van der Waals surface area contributed by atoms with Crippen LogP contribution in [0.25, 0.3) is 10.8 Å². The molecule has 0 aliphatic rings. The lowest BCUT2D eigenvalue weighted by atomic mass is 10.1. The molecule has 2 nitrogen and oxygen atoms in total. The van der Waals surface area contributed by atoms with E-state index >= 15 is 0 Å². The Morgan fingerprint density at radius 2 is 1.81 bits per heavy atom. The summed E-state index contributed by atoms with van der Waals surface area (Å²) < 4.78 is 12.6. The van der Waals surface area contributed by atoms with Crippen molar-refractivity contribution in [3.05, 3.63) is 42.5 Å². The smallest absolute Gasteiger partial charge is 0.0545 e. The van der Waals surface area contributed by atoms with Crippen LogP contribution in [-0.2, 0) is 10.8 Å². The largest absolute Gasteiger partial charge is 0.313 e. The summed E-state index contributed by atoms with van der Waals surface area (Å²) in [6.07, 6.45) is 3.32. The number of hydrogen-bond donors (Lipinski definition) is 1. The molecular weight excluding hydrogens is 278 g/mol. The van der Waals surface area contributed by atoms with Gasteiger partial charge >= 0.3 is 0 Å². The van der Waals surface area contributed by atoms with Crippen LogP contribution >= 0.6 is 0 Å². The van der Waals surface area contributed by atoms with Gasteiger partial charge in [-0.05, 0) is 42.3 Å². The fourth-order valence-electron chi connectivity index (χ4n) is 2.53. The van der Waals surface area contributed by atoms with Crippen LogP contribution in [0.5, 0.6) is 0 Å². The standard InChI is InChI=1S/C18H25NOS/c1-3-7-17(19-12-4-2)14-21(20)18-11-10-15-8-5-6-9-16(15)13-18/h5-6,8-11,13,17,19H,3-4,7,12,14H2,1-2H3. The second-order valence-corrected chi connectivity index (χ2v) is 6.96. The van der Waals surface area contributed by atoms with E-state index in [1.54, 1.807) is 0 Å². The van der Waals surface area contributed by atoms with Crippen molar-refractivity contribution in [2.24, 2.45) is 0 Å². The Morgan fingerprint density at radius 1 is 1.05 bits per heavy atom. The number of nitrogens with one attached hydrogen (secondary N) is 1. The molecule has 0 amide bonds. The third kappa shape index (κ3) is 4.65. The van der Waals surface area contributed by atoms with Gasteiger partial charge in [0.05, 0.1) is 10.8 Å². The lowest BCUT2D eigenvalue weighted by Crippen LogP contribution is -2.34. The number of rotatable bonds is 8. The van der Waals surface area contributed by atoms with Gasteiger partial charge in [-0.3, -0.25) is 4.21 Å². The highest BCUT2D eigenvalue weighted by Crippen LogP contribution is 2.18. The Kier molecular flexibility index (Phi) is 6.40. The lowest BCUT2D eigenvalue weighted by Gasteiger charge is -2.17. The van der Waals surface area contributed by atoms with Crippen LogP contribution < -0.4 is 5.32 Å². The molecule has 114 valence electrons. The Bertz CT molecular complexity index is 597. The number of benzene rings is 2. The predicted octanol–water partition coefficient (Wildman–Crippen LogP) is 4.12. The van der Waals surface area contributed by atoms with Gasteiger partial charge in [0.15, 0.2) is 0 Å². The number of hydrogen-bond acceptors (Lipinski definition) is 2. The van der Waals surface area contributed by atoms with E-state index in [0.29, 0.717) is 11.8 Å². The van der Waals surface area contributed by atoms with E-state index in [1.165, 1.54) is 5.39 Å². The van der Waals surface area contributed by atoms with E-state index in [0.717, 1.165) is 36.1 Å². The molecule has 0 aliphatic heterocycles.